The van der Waals surface area contributed by atoms with Gasteiger partial charge in [0, 0.05) is 49.9 Å². The molecule has 312 valence electrons. The molecule has 1 aliphatic carbocycles. The molecular weight excluding hydrogens is 801 g/mol. The predicted molar refractivity (Wildman–Crippen MR) is 277 cm³/mol. The van der Waals surface area contributed by atoms with E-state index in [0.717, 1.165) is 77.6 Å². The Kier molecular flexibility index (Phi) is 8.56. The molecule has 0 saturated heterocycles. The number of anilines is 3. The van der Waals surface area contributed by atoms with Gasteiger partial charge >= 0.3 is 0 Å². The number of furan rings is 1. The number of benzene rings is 10. The van der Waals surface area contributed by atoms with E-state index in [0.29, 0.717) is 0 Å². The fourth-order valence-electron chi connectivity index (χ4n) is 10.8. The zero-order valence-electron chi connectivity index (χ0n) is 36.7. The van der Waals surface area contributed by atoms with Gasteiger partial charge in [-0.2, -0.15) is 0 Å². The van der Waals surface area contributed by atoms with Crippen LogP contribution in [0.15, 0.2) is 235 Å². The third-order valence-corrected chi connectivity index (χ3v) is 14.0. The molecule has 0 unspecified atom stereocenters. The number of aromatic nitrogens is 1. The summed E-state index contributed by atoms with van der Waals surface area (Å²) in [7, 11) is 0. The van der Waals surface area contributed by atoms with Crippen LogP contribution >= 0.6 is 0 Å². The largest absolute Gasteiger partial charge is 0.455 e. The summed E-state index contributed by atoms with van der Waals surface area (Å²) >= 11 is 0. The summed E-state index contributed by atoms with van der Waals surface area (Å²) in [6.07, 6.45) is 0. The number of para-hydroxylation sites is 2. The normalized spacial score (nSPS) is 12.8. The van der Waals surface area contributed by atoms with E-state index in [1.54, 1.807) is 0 Å². The molecule has 0 aliphatic heterocycles. The SMILES string of the molecule is CC1(C)c2ccccc2-c2ccc(N(c3ccc(-c4ccccc4)cc3)c3ccc(-n4c5ccccc5c5c6oc7ccccc7c6cc(-c6ccc(-c7ccccc7)cc6)c54)cc3)cc21. The van der Waals surface area contributed by atoms with Gasteiger partial charge in [0.2, 0.25) is 0 Å². The van der Waals surface area contributed by atoms with E-state index in [2.05, 4.69) is 254 Å². The Morgan fingerprint density at radius 2 is 0.924 bits per heavy atom. The number of hydrogen-bond acceptors (Lipinski definition) is 2. The summed E-state index contributed by atoms with van der Waals surface area (Å²) < 4.78 is 9.26. The molecule has 0 bridgehead atoms. The van der Waals surface area contributed by atoms with Crippen molar-refractivity contribution in [1.29, 1.82) is 0 Å². The minimum atomic E-state index is -0.129. The number of fused-ring (bicyclic) bond motifs is 10. The van der Waals surface area contributed by atoms with E-state index in [9.17, 15) is 0 Å². The van der Waals surface area contributed by atoms with Gasteiger partial charge in [0.1, 0.15) is 11.2 Å². The first-order valence-corrected chi connectivity index (χ1v) is 22.8. The van der Waals surface area contributed by atoms with Gasteiger partial charge in [-0.25, -0.2) is 0 Å². The van der Waals surface area contributed by atoms with Crippen LogP contribution in [0.25, 0.3) is 93.9 Å². The van der Waals surface area contributed by atoms with Crippen molar-refractivity contribution in [3.8, 4) is 50.2 Å². The summed E-state index contributed by atoms with van der Waals surface area (Å²) in [5, 5.41) is 4.51. The summed E-state index contributed by atoms with van der Waals surface area (Å²) in [5.74, 6) is 0. The Balaban J connectivity index is 0.999. The second-order valence-corrected chi connectivity index (χ2v) is 18.1. The Labute approximate surface area is 384 Å². The van der Waals surface area contributed by atoms with Gasteiger partial charge in [0.05, 0.1) is 16.4 Å². The molecule has 12 aromatic rings. The summed E-state index contributed by atoms with van der Waals surface area (Å²) in [6.45, 7) is 4.71. The van der Waals surface area contributed by atoms with Crippen LogP contribution in [0.1, 0.15) is 25.0 Å². The quantitative estimate of drug-likeness (QED) is 0.159. The number of nitrogens with zero attached hydrogens (tertiary/aromatic N) is 2. The molecule has 2 aromatic heterocycles. The van der Waals surface area contributed by atoms with Crippen LogP contribution < -0.4 is 4.90 Å². The summed E-state index contributed by atoms with van der Waals surface area (Å²) in [6, 6.07) is 83.8. The molecule has 13 rings (SSSR count). The molecule has 0 N–H and O–H groups in total. The first-order chi connectivity index (χ1) is 32.5. The maximum Gasteiger partial charge on any atom is 0.145 e. The van der Waals surface area contributed by atoms with E-state index in [4.69, 9.17) is 4.42 Å². The van der Waals surface area contributed by atoms with Crippen LogP contribution in [0, 0.1) is 0 Å². The lowest BCUT2D eigenvalue weighted by Crippen LogP contribution is -2.16. The van der Waals surface area contributed by atoms with E-state index in [-0.39, 0.29) is 5.41 Å². The number of rotatable bonds is 7. The van der Waals surface area contributed by atoms with E-state index >= 15 is 0 Å². The van der Waals surface area contributed by atoms with E-state index in [1.807, 2.05) is 0 Å². The topological polar surface area (TPSA) is 21.3 Å². The van der Waals surface area contributed by atoms with Crippen molar-refractivity contribution in [3.63, 3.8) is 0 Å². The van der Waals surface area contributed by atoms with Gasteiger partial charge in [-0.1, -0.05) is 178 Å². The van der Waals surface area contributed by atoms with Crippen LogP contribution in [-0.4, -0.2) is 4.57 Å². The molecular formula is C63H44N2O. The minimum Gasteiger partial charge on any atom is -0.455 e. The van der Waals surface area contributed by atoms with Crippen molar-refractivity contribution < 1.29 is 4.42 Å². The third-order valence-electron chi connectivity index (χ3n) is 14.0. The van der Waals surface area contributed by atoms with Crippen LogP contribution in [0.3, 0.4) is 0 Å². The molecule has 3 nitrogen and oxygen atoms in total. The highest BCUT2D eigenvalue weighted by atomic mass is 16.3. The standard InChI is InChI=1S/C63H44N2O/c1-63(2)56-22-12-9-19-50(56)51-38-37-49(39-57(51)63)64(46-31-29-44(30-32-46)42-17-7-4-8-18-42)47-33-35-48(36-34-47)65-58-23-13-10-21-53(58)60-61(65)54(40-55-52-20-11-14-24-59(52)66-62(55)60)45-27-25-43(26-28-45)41-15-5-3-6-16-41/h3-40H,1-2H3. The molecule has 0 fully saturated rings. The molecule has 0 amide bonds. The molecule has 0 atom stereocenters. The van der Waals surface area contributed by atoms with Crippen molar-refractivity contribution in [2.75, 3.05) is 4.90 Å². The van der Waals surface area contributed by atoms with E-state index < -0.39 is 0 Å². The molecule has 2 heterocycles. The Hall–Kier alpha value is -8.40. The molecule has 66 heavy (non-hydrogen) atoms. The Bertz CT molecular complexity index is 3800. The molecule has 0 radical (unpaired) electrons. The predicted octanol–water partition coefficient (Wildman–Crippen LogP) is 17.5. The minimum absolute atomic E-state index is 0.129. The van der Waals surface area contributed by atoms with Crippen molar-refractivity contribution in [2.45, 2.75) is 19.3 Å². The average molecular weight is 845 g/mol. The van der Waals surface area contributed by atoms with Crippen LogP contribution in [-0.2, 0) is 5.41 Å². The fourth-order valence-corrected chi connectivity index (χ4v) is 10.8. The Morgan fingerprint density at radius 3 is 1.64 bits per heavy atom. The smallest absolute Gasteiger partial charge is 0.145 e. The highest BCUT2D eigenvalue weighted by Gasteiger charge is 2.36. The molecule has 1 aliphatic rings. The summed E-state index contributed by atoms with van der Waals surface area (Å²) in [5.41, 5.74) is 20.8. The maximum absolute atomic E-state index is 6.82. The first kappa shape index (κ1) is 38.1. The lowest BCUT2D eigenvalue weighted by molar-refractivity contribution is 0.660. The number of hydrogen-bond donors (Lipinski definition) is 0. The van der Waals surface area contributed by atoms with Gasteiger partial charge in [-0.15, -0.1) is 0 Å². The zero-order valence-corrected chi connectivity index (χ0v) is 36.7. The average Bonchev–Trinajstić information content (AvgIpc) is 4.00. The maximum atomic E-state index is 6.82. The van der Waals surface area contributed by atoms with Gasteiger partial charge in [-0.3, -0.25) is 0 Å². The molecule has 0 saturated carbocycles. The lowest BCUT2D eigenvalue weighted by Gasteiger charge is -2.28. The van der Waals surface area contributed by atoms with Crippen LogP contribution in [0.4, 0.5) is 17.1 Å². The second kappa shape index (κ2) is 14.8. The van der Waals surface area contributed by atoms with Crippen molar-refractivity contribution in [3.05, 3.63) is 242 Å². The highest BCUT2D eigenvalue weighted by molar-refractivity contribution is 6.27. The van der Waals surface area contributed by atoms with Crippen LogP contribution in [0.2, 0.25) is 0 Å². The second-order valence-electron chi connectivity index (χ2n) is 18.1. The lowest BCUT2D eigenvalue weighted by atomic mass is 9.82. The van der Waals surface area contributed by atoms with Crippen molar-refractivity contribution >= 4 is 60.8 Å². The molecule has 0 spiro atoms. The van der Waals surface area contributed by atoms with Gasteiger partial charge in [-0.05, 0) is 117 Å². The monoisotopic (exact) mass is 844 g/mol. The van der Waals surface area contributed by atoms with Crippen molar-refractivity contribution in [2.24, 2.45) is 0 Å². The van der Waals surface area contributed by atoms with Gasteiger partial charge < -0.3 is 13.9 Å². The summed E-state index contributed by atoms with van der Waals surface area (Å²) in [4.78, 5) is 2.40. The molecule has 3 heteroatoms. The third kappa shape index (κ3) is 5.90. The zero-order chi connectivity index (χ0) is 43.9. The first-order valence-electron chi connectivity index (χ1n) is 22.8. The Morgan fingerprint density at radius 1 is 0.394 bits per heavy atom. The van der Waals surface area contributed by atoms with Crippen molar-refractivity contribution in [1.82, 2.24) is 4.57 Å². The fraction of sp³-hybridized carbons (Fsp3) is 0.0476. The van der Waals surface area contributed by atoms with Gasteiger partial charge in [0.15, 0.2) is 0 Å². The highest BCUT2D eigenvalue weighted by Crippen LogP contribution is 2.51. The molecule has 10 aromatic carbocycles. The van der Waals surface area contributed by atoms with Crippen LogP contribution in [0.5, 0.6) is 0 Å². The van der Waals surface area contributed by atoms with Gasteiger partial charge in [0.25, 0.3) is 0 Å². The van der Waals surface area contributed by atoms with E-state index in [1.165, 1.54) is 44.5 Å².